The van der Waals surface area contributed by atoms with Crippen LogP contribution in [0.5, 0.6) is 0 Å². The van der Waals surface area contributed by atoms with Crippen LogP contribution in [0.3, 0.4) is 0 Å². The molecule has 4 rings (SSSR count). The lowest BCUT2D eigenvalue weighted by Gasteiger charge is -2.32. The van der Waals surface area contributed by atoms with E-state index in [1.165, 1.54) is 29.7 Å². The van der Waals surface area contributed by atoms with Crippen LogP contribution in [0.1, 0.15) is 104 Å². The van der Waals surface area contributed by atoms with Crippen LogP contribution in [0.4, 0.5) is 5.69 Å². The molecule has 0 aliphatic heterocycles. The second kappa shape index (κ2) is 14.4. The van der Waals surface area contributed by atoms with Gasteiger partial charge in [-0.1, -0.05) is 83.0 Å². The van der Waals surface area contributed by atoms with Gasteiger partial charge in [-0.15, -0.1) is 11.3 Å². The van der Waals surface area contributed by atoms with E-state index in [2.05, 4.69) is 56.9 Å². The maximum Gasteiger partial charge on any atom is 0.337 e. The third-order valence-corrected chi connectivity index (χ3v) is 8.63. The van der Waals surface area contributed by atoms with Crippen LogP contribution in [0, 0.1) is 18.3 Å². The molecule has 2 aliphatic carbocycles. The third-order valence-electron chi connectivity index (χ3n) is 7.21. The molecular formula is C32H47NO2S. The maximum absolute atomic E-state index is 12.3. The minimum atomic E-state index is -0.717. The quantitative estimate of drug-likeness (QED) is 0.381. The minimum Gasteiger partial charge on any atom is -0.478 e. The zero-order valence-corrected chi connectivity index (χ0v) is 24.1. The van der Waals surface area contributed by atoms with E-state index in [1.54, 1.807) is 6.08 Å². The van der Waals surface area contributed by atoms with Gasteiger partial charge in [-0.05, 0) is 80.9 Å². The highest BCUT2D eigenvalue weighted by Gasteiger charge is 2.37. The predicted molar refractivity (Wildman–Crippen MR) is 158 cm³/mol. The molecule has 2 aliphatic rings. The van der Waals surface area contributed by atoms with Crippen molar-refractivity contribution in [1.82, 2.24) is 0 Å². The third kappa shape index (κ3) is 8.09. The number of aromatic carboxylic acids is 1. The fourth-order valence-corrected chi connectivity index (χ4v) is 6.83. The molecule has 2 atom stereocenters. The standard InChI is InChI=1S/C25H33NO2S.C5H8.C2H6/c1-16-8-10-18(11-9-16)26-15-17-6-4-5-7-19(17)23-22(24(27)28)20-14-25(2,3)13-12-21(20)29-23;1-3-5-4-2;1-2/h8-11,17,19,26H,4-7,12-15H2,1-3H3,(H,27,28);3-5H,1H2,2H3;1-2H3/b;5-4-;/t17-,19-;;/m1../s1. The fraction of sp³-hybridized carbons (Fsp3) is 0.531. The topological polar surface area (TPSA) is 49.3 Å². The van der Waals surface area contributed by atoms with Crippen molar-refractivity contribution in [2.75, 3.05) is 11.9 Å². The number of anilines is 1. The summed E-state index contributed by atoms with van der Waals surface area (Å²) in [5.41, 5.74) is 4.43. The summed E-state index contributed by atoms with van der Waals surface area (Å²) in [7, 11) is 0. The number of aryl methyl sites for hydroxylation is 2. The molecule has 2 N–H and O–H groups in total. The van der Waals surface area contributed by atoms with Gasteiger partial charge in [-0.3, -0.25) is 0 Å². The largest absolute Gasteiger partial charge is 0.478 e. The van der Waals surface area contributed by atoms with E-state index in [0.29, 0.717) is 17.4 Å². The number of rotatable bonds is 6. The molecule has 3 nitrogen and oxygen atoms in total. The molecule has 0 spiro atoms. The highest BCUT2D eigenvalue weighted by atomic mass is 32.1. The Kier molecular flexibility index (Phi) is 12.0. The second-order valence-electron chi connectivity index (χ2n) is 10.5. The van der Waals surface area contributed by atoms with E-state index in [-0.39, 0.29) is 5.41 Å². The molecule has 1 fully saturated rings. The molecule has 0 amide bonds. The van der Waals surface area contributed by atoms with Gasteiger partial charge in [0.2, 0.25) is 0 Å². The molecule has 198 valence electrons. The number of hydrogen-bond acceptors (Lipinski definition) is 3. The number of benzene rings is 1. The second-order valence-corrected chi connectivity index (χ2v) is 11.7. The molecule has 0 radical (unpaired) electrons. The van der Waals surface area contributed by atoms with Gasteiger partial charge in [0.25, 0.3) is 0 Å². The Hall–Kier alpha value is -2.33. The summed E-state index contributed by atoms with van der Waals surface area (Å²) in [6, 6.07) is 8.56. The predicted octanol–water partition coefficient (Wildman–Crippen LogP) is 9.43. The molecule has 1 aromatic carbocycles. The first-order valence-corrected chi connectivity index (χ1v) is 14.5. The van der Waals surface area contributed by atoms with E-state index in [9.17, 15) is 9.90 Å². The van der Waals surface area contributed by atoms with Crippen molar-refractivity contribution in [3.63, 3.8) is 0 Å². The Morgan fingerprint density at radius 1 is 1.19 bits per heavy atom. The number of carboxylic acid groups (broad SMARTS) is 1. The number of carboxylic acids is 1. The van der Waals surface area contributed by atoms with E-state index < -0.39 is 5.97 Å². The number of hydrogen-bond donors (Lipinski definition) is 2. The van der Waals surface area contributed by atoms with Gasteiger partial charge in [-0.25, -0.2) is 4.79 Å². The van der Waals surface area contributed by atoms with Gasteiger partial charge in [-0.2, -0.15) is 0 Å². The van der Waals surface area contributed by atoms with Gasteiger partial charge < -0.3 is 10.4 Å². The molecule has 1 saturated carbocycles. The van der Waals surface area contributed by atoms with Crippen LogP contribution in [0.25, 0.3) is 0 Å². The van der Waals surface area contributed by atoms with Crippen LogP contribution in [-0.4, -0.2) is 17.6 Å². The van der Waals surface area contributed by atoms with Crippen LogP contribution in [0.15, 0.2) is 49.1 Å². The number of nitrogens with one attached hydrogen (secondary N) is 1. The SMILES string of the molecule is C=C/C=C\C.CC.Cc1ccc(NC[C@H]2CCCC[C@H]2c2sc3c(c2C(=O)O)CC(C)(C)CC3)cc1. The molecule has 2 aromatic rings. The Bertz CT molecular complexity index is 1000. The van der Waals surface area contributed by atoms with Crippen molar-refractivity contribution < 1.29 is 9.90 Å². The average Bonchev–Trinajstić information content (AvgIpc) is 3.23. The highest BCUT2D eigenvalue weighted by molar-refractivity contribution is 7.12. The number of thiophene rings is 1. The highest BCUT2D eigenvalue weighted by Crippen LogP contribution is 2.48. The zero-order valence-electron chi connectivity index (χ0n) is 23.3. The lowest BCUT2D eigenvalue weighted by molar-refractivity contribution is 0.0693. The van der Waals surface area contributed by atoms with Crippen molar-refractivity contribution in [1.29, 1.82) is 0 Å². The normalized spacial score (nSPS) is 20.3. The smallest absolute Gasteiger partial charge is 0.337 e. The summed E-state index contributed by atoms with van der Waals surface area (Å²) < 4.78 is 0. The molecule has 0 saturated heterocycles. The lowest BCUT2D eigenvalue weighted by Crippen LogP contribution is -2.26. The van der Waals surface area contributed by atoms with E-state index in [0.717, 1.165) is 48.4 Å². The zero-order chi connectivity index (χ0) is 26.7. The summed E-state index contributed by atoms with van der Waals surface area (Å²) in [6.07, 6.45) is 13.4. The van der Waals surface area contributed by atoms with E-state index >= 15 is 0 Å². The summed E-state index contributed by atoms with van der Waals surface area (Å²) in [5, 5.41) is 13.7. The summed E-state index contributed by atoms with van der Waals surface area (Å²) in [6.45, 7) is 17.0. The number of fused-ring (bicyclic) bond motifs is 1. The van der Waals surface area contributed by atoms with Gasteiger partial charge in [0.15, 0.2) is 0 Å². The van der Waals surface area contributed by atoms with Crippen LogP contribution < -0.4 is 5.32 Å². The summed E-state index contributed by atoms with van der Waals surface area (Å²) >= 11 is 1.82. The van der Waals surface area contributed by atoms with Gasteiger partial charge in [0, 0.05) is 22.0 Å². The molecular weight excluding hydrogens is 462 g/mol. The first-order valence-electron chi connectivity index (χ1n) is 13.7. The minimum absolute atomic E-state index is 0.203. The van der Waals surface area contributed by atoms with Crippen LogP contribution in [0.2, 0.25) is 0 Å². The number of carbonyl (C=O) groups is 1. The Morgan fingerprint density at radius 2 is 1.86 bits per heavy atom. The van der Waals surface area contributed by atoms with Gasteiger partial charge in [0.1, 0.15) is 0 Å². The van der Waals surface area contributed by atoms with Crippen LogP contribution in [-0.2, 0) is 12.8 Å². The molecule has 0 bridgehead atoms. The molecule has 1 aromatic heterocycles. The molecule has 0 unspecified atom stereocenters. The molecule has 1 heterocycles. The van der Waals surface area contributed by atoms with Gasteiger partial charge >= 0.3 is 5.97 Å². The summed E-state index contributed by atoms with van der Waals surface area (Å²) in [5.74, 6) is 0.147. The van der Waals surface area contributed by atoms with Crippen LogP contribution >= 0.6 is 11.3 Å². The Balaban J connectivity index is 0.000000583. The Labute approximate surface area is 223 Å². The molecule has 36 heavy (non-hydrogen) atoms. The first kappa shape index (κ1) is 29.9. The van der Waals surface area contributed by atoms with Gasteiger partial charge in [0.05, 0.1) is 5.56 Å². The first-order chi connectivity index (χ1) is 17.3. The van der Waals surface area contributed by atoms with E-state index in [4.69, 9.17) is 0 Å². The van der Waals surface area contributed by atoms with Crippen molar-refractivity contribution in [2.45, 2.75) is 92.4 Å². The average molecular weight is 510 g/mol. The van der Waals surface area contributed by atoms with Crippen molar-refractivity contribution in [3.05, 3.63) is 75.5 Å². The summed E-state index contributed by atoms with van der Waals surface area (Å²) in [4.78, 5) is 14.8. The maximum atomic E-state index is 12.3. The lowest BCUT2D eigenvalue weighted by atomic mass is 9.74. The van der Waals surface area contributed by atoms with Crippen molar-refractivity contribution >= 4 is 23.0 Å². The van der Waals surface area contributed by atoms with Crippen molar-refractivity contribution in [3.8, 4) is 0 Å². The Morgan fingerprint density at radius 3 is 2.44 bits per heavy atom. The van der Waals surface area contributed by atoms with E-state index in [1.807, 2.05) is 44.3 Å². The molecule has 4 heteroatoms. The van der Waals surface area contributed by atoms with Crippen molar-refractivity contribution in [2.24, 2.45) is 11.3 Å². The fourth-order valence-electron chi connectivity index (χ4n) is 5.29. The number of allylic oxidation sites excluding steroid dienone is 3. The monoisotopic (exact) mass is 509 g/mol.